The van der Waals surface area contributed by atoms with E-state index >= 15 is 0 Å². The van der Waals surface area contributed by atoms with E-state index in [0.29, 0.717) is 12.5 Å². The Bertz CT molecular complexity index is 416. The Morgan fingerprint density at radius 2 is 1.91 bits per heavy atom. The third kappa shape index (κ3) is 6.73. The number of piperidine rings is 1. The maximum absolute atomic E-state index is 11.8. The van der Waals surface area contributed by atoms with Crippen molar-refractivity contribution in [2.24, 2.45) is 17.6 Å². The number of likely N-dealkylation sites (tertiary alicyclic amines) is 1. The zero-order chi connectivity index (χ0) is 16.5. The Labute approximate surface area is 139 Å². The fourth-order valence-electron chi connectivity index (χ4n) is 3.61. The normalized spacial score (nSPS) is 23.9. The van der Waals surface area contributed by atoms with Crippen LogP contribution in [-0.2, 0) is 9.59 Å². The summed E-state index contributed by atoms with van der Waals surface area (Å²) in [6.07, 6.45) is 13.0. The number of rotatable bonds is 7. The van der Waals surface area contributed by atoms with Gasteiger partial charge in [-0.05, 0) is 57.2 Å². The molecule has 2 fully saturated rings. The molecule has 1 unspecified atom stereocenters. The maximum Gasteiger partial charge on any atom is 0.243 e. The molecule has 1 saturated carbocycles. The average molecular weight is 321 g/mol. The summed E-state index contributed by atoms with van der Waals surface area (Å²) in [6.45, 7) is 3.39. The van der Waals surface area contributed by atoms with Crippen molar-refractivity contribution in [1.82, 2.24) is 10.2 Å². The lowest BCUT2D eigenvalue weighted by atomic mass is 9.89. The maximum atomic E-state index is 11.8. The lowest BCUT2D eigenvalue weighted by Gasteiger charge is -2.31. The SMILES string of the molecule is NC(=O)C1CCCN(CCCNC(=O)/C=C/C2CCCCC2)C1. The molecular weight excluding hydrogens is 290 g/mol. The van der Waals surface area contributed by atoms with Gasteiger partial charge in [-0.1, -0.05) is 25.3 Å². The number of allylic oxidation sites excluding steroid dienone is 1. The third-order valence-corrected chi connectivity index (χ3v) is 5.03. The van der Waals surface area contributed by atoms with Crippen LogP contribution in [0.15, 0.2) is 12.2 Å². The first-order chi connectivity index (χ1) is 11.1. The highest BCUT2D eigenvalue weighted by molar-refractivity contribution is 5.87. The summed E-state index contributed by atoms with van der Waals surface area (Å²) in [5.74, 6) is 0.422. The van der Waals surface area contributed by atoms with E-state index in [-0.39, 0.29) is 17.7 Å². The van der Waals surface area contributed by atoms with Gasteiger partial charge < -0.3 is 16.0 Å². The summed E-state index contributed by atoms with van der Waals surface area (Å²) in [4.78, 5) is 25.3. The second kappa shape index (κ2) is 9.71. The van der Waals surface area contributed by atoms with Gasteiger partial charge in [0.1, 0.15) is 0 Å². The van der Waals surface area contributed by atoms with Crippen LogP contribution in [-0.4, -0.2) is 42.9 Å². The minimum absolute atomic E-state index is 0.00299. The molecule has 0 aromatic rings. The molecule has 0 radical (unpaired) electrons. The van der Waals surface area contributed by atoms with Crippen LogP contribution < -0.4 is 11.1 Å². The Hall–Kier alpha value is -1.36. The van der Waals surface area contributed by atoms with Gasteiger partial charge in [-0.2, -0.15) is 0 Å². The van der Waals surface area contributed by atoms with E-state index in [0.717, 1.165) is 38.9 Å². The first-order valence-electron chi connectivity index (χ1n) is 9.13. The summed E-state index contributed by atoms with van der Waals surface area (Å²) in [5.41, 5.74) is 5.39. The highest BCUT2D eigenvalue weighted by Gasteiger charge is 2.23. The molecular formula is C18H31N3O2. The van der Waals surface area contributed by atoms with Gasteiger partial charge in [-0.15, -0.1) is 0 Å². The molecule has 0 aromatic carbocycles. The summed E-state index contributed by atoms with van der Waals surface area (Å²) < 4.78 is 0. The molecule has 0 spiro atoms. The van der Waals surface area contributed by atoms with E-state index in [1.165, 1.54) is 32.1 Å². The van der Waals surface area contributed by atoms with Gasteiger partial charge in [0.2, 0.25) is 11.8 Å². The van der Waals surface area contributed by atoms with Gasteiger partial charge in [0.25, 0.3) is 0 Å². The van der Waals surface area contributed by atoms with Gasteiger partial charge in [0, 0.05) is 13.1 Å². The first-order valence-corrected chi connectivity index (χ1v) is 9.13. The van der Waals surface area contributed by atoms with Gasteiger partial charge >= 0.3 is 0 Å². The predicted molar refractivity (Wildman–Crippen MR) is 91.7 cm³/mol. The molecule has 2 rings (SSSR count). The number of amides is 2. The monoisotopic (exact) mass is 321 g/mol. The van der Waals surface area contributed by atoms with E-state index in [4.69, 9.17) is 5.73 Å². The van der Waals surface area contributed by atoms with E-state index in [1.807, 2.05) is 0 Å². The fourth-order valence-corrected chi connectivity index (χ4v) is 3.61. The van der Waals surface area contributed by atoms with Crippen molar-refractivity contribution in [2.75, 3.05) is 26.2 Å². The number of carbonyl (C=O) groups is 2. The van der Waals surface area contributed by atoms with Crippen LogP contribution in [0.2, 0.25) is 0 Å². The number of carbonyl (C=O) groups excluding carboxylic acids is 2. The van der Waals surface area contributed by atoms with Crippen molar-refractivity contribution in [2.45, 2.75) is 51.4 Å². The molecule has 1 heterocycles. The molecule has 3 N–H and O–H groups in total. The average Bonchev–Trinajstić information content (AvgIpc) is 2.58. The molecule has 1 atom stereocenters. The van der Waals surface area contributed by atoms with Crippen LogP contribution in [0.25, 0.3) is 0 Å². The van der Waals surface area contributed by atoms with Crippen LogP contribution in [0.3, 0.4) is 0 Å². The second-order valence-corrected chi connectivity index (χ2v) is 6.94. The topological polar surface area (TPSA) is 75.4 Å². The molecule has 0 bridgehead atoms. The first kappa shape index (κ1) is 18.0. The minimum atomic E-state index is -0.184. The number of hydrogen-bond acceptors (Lipinski definition) is 3. The molecule has 130 valence electrons. The quantitative estimate of drug-likeness (QED) is 0.555. The second-order valence-electron chi connectivity index (χ2n) is 6.94. The molecule has 1 saturated heterocycles. The number of nitrogens with two attached hydrogens (primary N) is 1. The summed E-state index contributed by atoms with van der Waals surface area (Å²) in [7, 11) is 0. The number of primary amides is 1. The van der Waals surface area contributed by atoms with Gasteiger partial charge in [0.05, 0.1) is 5.92 Å². The summed E-state index contributed by atoms with van der Waals surface area (Å²) in [5, 5.41) is 2.95. The van der Waals surface area contributed by atoms with Crippen LogP contribution in [0.4, 0.5) is 0 Å². The summed E-state index contributed by atoms with van der Waals surface area (Å²) >= 11 is 0. The molecule has 1 aliphatic heterocycles. The van der Waals surface area contributed by atoms with Crippen LogP contribution in [0.1, 0.15) is 51.4 Å². The van der Waals surface area contributed by atoms with Crippen molar-refractivity contribution in [3.05, 3.63) is 12.2 Å². The standard InChI is InChI=1S/C18H31N3O2/c19-18(23)16-8-4-12-21(14-16)13-5-11-20-17(22)10-9-15-6-2-1-3-7-15/h9-10,15-16H,1-8,11-14H2,(H2,19,23)(H,20,22)/b10-9+. The molecule has 5 nitrogen and oxygen atoms in total. The largest absolute Gasteiger partial charge is 0.369 e. The van der Waals surface area contributed by atoms with Gasteiger partial charge in [-0.25, -0.2) is 0 Å². The van der Waals surface area contributed by atoms with E-state index < -0.39 is 0 Å². The van der Waals surface area contributed by atoms with Crippen molar-refractivity contribution in [3.63, 3.8) is 0 Å². The molecule has 5 heteroatoms. The zero-order valence-corrected chi connectivity index (χ0v) is 14.1. The third-order valence-electron chi connectivity index (χ3n) is 5.03. The molecule has 0 aromatic heterocycles. The van der Waals surface area contributed by atoms with E-state index in [1.54, 1.807) is 6.08 Å². The van der Waals surface area contributed by atoms with Crippen LogP contribution in [0.5, 0.6) is 0 Å². The Kier molecular flexibility index (Phi) is 7.59. The lowest BCUT2D eigenvalue weighted by molar-refractivity contribution is -0.123. The Balaban J connectivity index is 1.56. The predicted octanol–water partition coefficient (Wildman–Crippen LogP) is 1.83. The number of nitrogens with one attached hydrogen (secondary N) is 1. The molecule has 2 aliphatic rings. The van der Waals surface area contributed by atoms with Crippen LogP contribution >= 0.6 is 0 Å². The number of hydrogen-bond donors (Lipinski definition) is 2. The fraction of sp³-hybridized carbons (Fsp3) is 0.778. The molecule has 23 heavy (non-hydrogen) atoms. The van der Waals surface area contributed by atoms with Crippen molar-refractivity contribution >= 4 is 11.8 Å². The van der Waals surface area contributed by atoms with Crippen molar-refractivity contribution < 1.29 is 9.59 Å². The minimum Gasteiger partial charge on any atom is -0.369 e. The van der Waals surface area contributed by atoms with Gasteiger partial charge in [0.15, 0.2) is 0 Å². The Morgan fingerprint density at radius 3 is 2.65 bits per heavy atom. The van der Waals surface area contributed by atoms with Crippen molar-refractivity contribution in [1.29, 1.82) is 0 Å². The smallest absolute Gasteiger partial charge is 0.243 e. The van der Waals surface area contributed by atoms with E-state index in [9.17, 15) is 9.59 Å². The highest BCUT2D eigenvalue weighted by Crippen LogP contribution is 2.24. The number of nitrogens with zero attached hydrogens (tertiary/aromatic N) is 1. The molecule has 1 aliphatic carbocycles. The lowest BCUT2D eigenvalue weighted by Crippen LogP contribution is -2.42. The van der Waals surface area contributed by atoms with Gasteiger partial charge in [-0.3, -0.25) is 9.59 Å². The highest BCUT2D eigenvalue weighted by atomic mass is 16.1. The molecule has 2 amide bonds. The van der Waals surface area contributed by atoms with Crippen molar-refractivity contribution in [3.8, 4) is 0 Å². The zero-order valence-electron chi connectivity index (χ0n) is 14.1. The van der Waals surface area contributed by atoms with E-state index in [2.05, 4.69) is 16.3 Å². The van der Waals surface area contributed by atoms with Crippen LogP contribution in [0, 0.1) is 11.8 Å². The Morgan fingerprint density at radius 1 is 1.13 bits per heavy atom. The summed E-state index contributed by atoms with van der Waals surface area (Å²) in [6, 6.07) is 0.